The summed E-state index contributed by atoms with van der Waals surface area (Å²) in [6.45, 7) is 2.29. The highest BCUT2D eigenvalue weighted by Crippen LogP contribution is 2.34. The number of hydrogen-bond acceptors (Lipinski definition) is 3. The van der Waals surface area contributed by atoms with Gasteiger partial charge < -0.3 is 5.73 Å². The van der Waals surface area contributed by atoms with Gasteiger partial charge in [0.15, 0.2) is 4.90 Å². The lowest BCUT2D eigenvalue weighted by molar-refractivity contribution is 0.348. The smallest absolute Gasteiger partial charge is 0.248 e. The van der Waals surface area contributed by atoms with Crippen molar-refractivity contribution in [1.82, 2.24) is 4.31 Å². The van der Waals surface area contributed by atoms with Gasteiger partial charge >= 0.3 is 0 Å². The number of sulfonamides is 1. The average Bonchev–Trinajstić information content (AvgIpc) is 2.71. The Bertz CT molecular complexity index is 613. The van der Waals surface area contributed by atoms with Gasteiger partial charge in [-0.05, 0) is 18.4 Å². The summed E-state index contributed by atoms with van der Waals surface area (Å²) >= 11 is 0. The Kier molecular flexibility index (Phi) is 3.83. The van der Waals surface area contributed by atoms with Crippen molar-refractivity contribution in [1.29, 1.82) is 0 Å². The Hall–Kier alpha value is -1.12. The summed E-state index contributed by atoms with van der Waals surface area (Å²) in [4.78, 5) is -1.11. The van der Waals surface area contributed by atoms with Crippen molar-refractivity contribution >= 4 is 10.0 Å². The molecule has 112 valence electrons. The van der Waals surface area contributed by atoms with Crippen LogP contribution in [-0.4, -0.2) is 32.4 Å². The first kappa shape index (κ1) is 15.3. The molecule has 1 unspecified atom stereocenters. The van der Waals surface area contributed by atoms with Crippen molar-refractivity contribution in [2.75, 3.05) is 19.6 Å². The Labute approximate surface area is 115 Å². The van der Waals surface area contributed by atoms with Gasteiger partial charge in [0.1, 0.15) is 17.5 Å². The van der Waals surface area contributed by atoms with Crippen LogP contribution in [0.25, 0.3) is 0 Å². The summed E-state index contributed by atoms with van der Waals surface area (Å²) in [6.07, 6.45) is 0.507. The first-order valence-corrected chi connectivity index (χ1v) is 7.48. The Morgan fingerprint density at radius 3 is 2.30 bits per heavy atom. The normalized spacial score (nSPS) is 24.2. The van der Waals surface area contributed by atoms with E-state index >= 15 is 0 Å². The Morgan fingerprint density at radius 2 is 1.85 bits per heavy atom. The number of nitrogens with zero attached hydrogens (tertiary/aromatic N) is 1. The van der Waals surface area contributed by atoms with Crippen molar-refractivity contribution in [2.24, 2.45) is 11.1 Å². The van der Waals surface area contributed by atoms with E-state index in [1.165, 1.54) is 0 Å². The molecule has 0 amide bonds. The molecule has 1 saturated heterocycles. The predicted octanol–water partition coefficient (Wildman–Crippen LogP) is 1.46. The van der Waals surface area contributed by atoms with Gasteiger partial charge in [-0.3, -0.25) is 0 Å². The second-order valence-corrected chi connectivity index (χ2v) is 7.18. The van der Waals surface area contributed by atoms with Crippen molar-refractivity contribution in [3.63, 3.8) is 0 Å². The number of nitrogens with two attached hydrogens (primary N) is 1. The molecule has 4 nitrogen and oxygen atoms in total. The van der Waals surface area contributed by atoms with Crippen LogP contribution in [0.1, 0.15) is 13.3 Å². The van der Waals surface area contributed by atoms with E-state index in [4.69, 9.17) is 5.73 Å². The van der Waals surface area contributed by atoms with Crippen LogP contribution in [-0.2, 0) is 10.0 Å². The molecular formula is C12H15F3N2O2S. The van der Waals surface area contributed by atoms with E-state index in [0.717, 1.165) is 4.31 Å². The molecule has 1 aliphatic heterocycles. The lowest BCUT2D eigenvalue weighted by Gasteiger charge is -2.22. The number of rotatable bonds is 3. The molecule has 1 aromatic rings. The highest BCUT2D eigenvalue weighted by Gasteiger charge is 2.41. The quantitative estimate of drug-likeness (QED) is 0.919. The summed E-state index contributed by atoms with van der Waals surface area (Å²) in [5, 5.41) is 0. The average molecular weight is 308 g/mol. The second kappa shape index (κ2) is 5.01. The molecule has 0 saturated carbocycles. The fourth-order valence-electron chi connectivity index (χ4n) is 2.25. The highest BCUT2D eigenvalue weighted by molar-refractivity contribution is 7.89. The van der Waals surface area contributed by atoms with Crippen LogP contribution in [0.2, 0.25) is 0 Å². The van der Waals surface area contributed by atoms with Gasteiger partial charge in [0.25, 0.3) is 0 Å². The van der Waals surface area contributed by atoms with E-state index in [0.29, 0.717) is 18.6 Å². The maximum Gasteiger partial charge on any atom is 0.248 e. The number of hydrogen-bond donors (Lipinski definition) is 1. The second-order valence-electron chi connectivity index (χ2n) is 5.30. The van der Waals surface area contributed by atoms with E-state index in [1.807, 2.05) is 0 Å². The van der Waals surface area contributed by atoms with Crippen LogP contribution in [0, 0.1) is 22.9 Å². The summed E-state index contributed by atoms with van der Waals surface area (Å²) in [6, 6.07) is 0.711. The molecule has 2 N–H and O–H groups in total. The van der Waals surface area contributed by atoms with Crippen LogP contribution in [0.5, 0.6) is 0 Å². The molecule has 8 heteroatoms. The molecule has 0 aliphatic carbocycles. The number of benzene rings is 1. The molecule has 1 aromatic carbocycles. The summed E-state index contributed by atoms with van der Waals surface area (Å²) in [5.41, 5.74) is 5.16. The predicted molar refractivity (Wildman–Crippen MR) is 66.9 cm³/mol. The van der Waals surface area contributed by atoms with Gasteiger partial charge in [0.05, 0.1) is 0 Å². The van der Waals surface area contributed by atoms with Crippen LogP contribution >= 0.6 is 0 Å². The summed E-state index contributed by atoms with van der Waals surface area (Å²) in [7, 11) is -4.34. The van der Waals surface area contributed by atoms with Crippen LogP contribution in [0.4, 0.5) is 13.2 Å². The fraction of sp³-hybridized carbons (Fsp3) is 0.500. The minimum absolute atomic E-state index is 0.0854. The minimum atomic E-state index is -4.34. The first-order chi connectivity index (χ1) is 9.19. The van der Waals surface area contributed by atoms with Crippen LogP contribution in [0.15, 0.2) is 17.0 Å². The molecule has 20 heavy (non-hydrogen) atoms. The van der Waals surface area contributed by atoms with E-state index in [2.05, 4.69) is 0 Å². The zero-order chi connectivity index (χ0) is 15.1. The zero-order valence-electron chi connectivity index (χ0n) is 10.9. The molecule has 0 radical (unpaired) electrons. The highest BCUT2D eigenvalue weighted by atomic mass is 32.2. The molecular weight excluding hydrogens is 293 g/mol. The van der Waals surface area contributed by atoms with Gasteiger partial charge in [-0.25, -0.2) is 21.6 Å². The van der Waals surface area contributed by atoms with Gasteiger partial charge in [-0.15, -0.1) is 0 Å². The number of halogens is 3. The Balaban J connectivity index is 2.43. The van der Waals surface area contributed by atoms with E-state index in [9.17, 15) is 21.6 Å². The van der Waals surface area contributed by atoms with Crippen molar-refractivity contribution in [2.45, 2.75) is 18.2 Å². The van der Waals surface area contributed by atoms with Gasteiger partial charge in [-0.2, -0.15) is 4.31 Å². The van der Waals surface area contributed by atoms with Crippen LogP contribution < -0.4 is 5.73 Å². The monoisotopic (exact) mass is 308 g/mol. The van der Waals surface area contributed by atoms with E-state index in [1.54, 1.807) is 6.92 Å². The third-order valence-electron chi connectivity index (χ3n) is 3.58. The molecule has 0 aromatic heterocycles. The lowest BCUT2D eigenvalue weighted by Crippen LogP contribution is -2.35. The molecule has 1 heterocycles. The minimum Gasteiger partial charge on any atom is -0.330 e. The van der Waals surface area contributed by atoms with Gasteiger partial charge in [-0.1, -0.05) is 6.92 Å². The molecule has 1 fully saturated rings. The van der Waals surface area contributed by atoms with Crippen molar-refractivity contribution in [3.05, 3.63) is 29.6 Å². The molecule has 0 spiro atoms. The van der Waals surface area contributed by atoms with Crippen LogP contribution in [0.3, 0.4) is 0 Å². The van der Waals surface area contributed by atoms with Gasteiger partial charge in [0, 0.05) is 25.2 Å². The third-order valence-corrected chi connectivity index (χ3v) is 5.47. The standard InChI is InChI=1S/C12H15F3N2O2S/c1-12(6-16)2-3-17(7-12)20(18,19)11-9(14)4-8(13)5-10(11)15/h4-5H,2-3,6-7,16H2,1H3. The third kappa shape index (κ3) is 2.55. The largest absolute Gasteiger partial charge is 0.330 e. The lowest BCUT2D eigenvalue weighted by atomic mass is 9.90. The van der Waals surface area contributed by atoms with E-state index in [-0.39, 0.29) is 19.6 Å². The maximum absolute atomic E-state index is 13.6. The summed E-state index contributed by atoms with van der Waals surface area (Å²) < 4.78 is 65.6. The SMILES string of the molecule is CC1(CN)CCN(S(=O)(=O)c2c(F)cc(F)cc2F)C1. The molecule has 1 aliphatic rings. The first-order valence-electron chi connectivity index (χ1n) is 6.04. The molecule has 1 atom stereocenters. The Morgan fingerprint density at radius 1 is 1.30 bits per heavy atom. The maximum atomic E-state index is 13.6. The molecule has 2 rings (SSSR count). The van der Waals surface area contributed by atoms with E-state index < -0.39 is 37.8 Å². The fourth-order valence-corrected chi connectivity index (χ4v) is 3.94. The molecule has 0 bridgehead atoms. The van der Waals surface area contributed by atoms with Gasteiger partial charge in [0.2, 0.25) is 10.0 Å². The summed E-state index contributed by atoms with van der Waals surface area (Å²) in [5.74, 6) is -4.01. The van der Waals surface area contributed by atoms with Crippen molar-refractivity contribution in [3.8, 4) is 0 Å². The topological polar surface area (TPSA) is 63.4 Å². The zero-order valence-corrected chi connectivity index (χ0v) is 11.7. The van der Waals surface area contributed by atoms with Crippen molar-refractivity contribution < 1.29 is 21.6 Å².